The molecule has 3 heterocycles. The minimum Gasteiger partial charge on any atom is -0.336 e. The van der Waals surface area contributed by atoms with Gasteiger partial charge in [0.05, 0.1) is 6.04 Å². The molecular weight excluding hydrogens is 404 g/mol. The van der Waals surface area contributed by atoms with Gasteiger partial charge in [0.2, 0.25) is 5.91 Å². The number of amides is 3. The maximum Gasteiger partial charge on any atom is 0.322 e. The standard InChI is InChI=1S/C24H34N6O2/c1-17(2)30(18(3)31)16-19-10-12-20(13-11-19)25-24(32)28-15-7-8-21(28)23-27-26-22-9-5-4-6-14-29(22)23/h10-13,17,21H,4-9,14-16H2,1-3H3,(H,25,32). The van der Waals surface area contributed by atoms with Crippen LogP contribution in [0.25, 0.3) is 0 Å². The van der Waals surface area contributed by atoms with E-state index >= 15 is 0 Å². The maximum absolute atomic E-state index is 13.1. The zero-order valence-electron chi connectivity index (χ0n) is 19.4. The van der Waals surface area contributed by atoms with E-state index < -0.39 is 0 Å². The highest BCUT2D eigenvalue weighted by Crippen LogP contribution is 2.33. The summed E-state index contributed by atoms with van der Waals surface area (Å²) in [6, 6.07) is 7.76. The first-order valence-electron chi connectivity index (χ1n) is 11.8. The minimum absolute atomic E-state index is 0.0243. The van der Waals surface area contributed by atoms with Crippen molar-refractivity contribution >= 4 is 17.6 Å². The second kappa shape index (κ2) is 9.71. The maximum atomic E-state index is 13.1. The zero-order chi connectivity index (χ0) is 22.7. The fraction of sp³-hybridized carbons (Fsp3) is 0.583. The Balaban J connectivity index is 1.42. The van der Waals surface area contributed by atoms with Crippen molar-refractivity contribution in [1.82, 2.24) is 24.6 Å². The summed E-state index contributed by atoms with van der Waals surface area (Å²) < 4.78 is 2.24. The molecule has 2 aromatic rings. The lowest BCUT2D eigenvalue weighted by atomic mass is 10.1. The Morgan fingerprint density at radius 3 is 2.59 bits per heavy atom. The Kier molecular flexibility index (Phi) is 6.77. The number of carbonyl (C=O) groups excluding carboxylic acids is 2. The summed E-state index contributed by atoms with van der Waals surface area (Å²) in [4.78, 5) is 28.7. The van der Waals surface area contributed by atoms with E-state index in [2.05, 4.69) is 20.1 Å². The van der Waals surface area contributed by atoms with Crippen LogP contribution in [-0.4, -0.2) is 49.1 Å². The molecule has 1 N–H and O–H groups in total. The number of carbonyl (C=O) groups is 2. The molecule has 1 atom stereocenters. The van der Waals surface area contributed by atoms with Crippen molar-refractivity contribution in [3.8, 4) is 0 Å². The second-order valence-electron chi connectivity index (χ2n) is 9.16. The third-order valence-electron chi connectivity index (χ3n) is 6.54. The molecule has 0 aliphatic carbocycles. The molecular formula is C24H34N6O2. The summed E-state index contributed by atoms with van der Waals surface area (Å²) in [5.74, 6) is 2.05. The van der Waals surface area contributed by atoms with E-state index in [4.69, 9.17) is 0 Å². The van der Waals surface area contributed by atoms with Gasteiger partial charge in [-0.25, -0.2) is 4.79 Å². The largest absolute Gasteiger partial charge is 0.336 e. The molecule has 32 heavy (non-hydrogen) atoms. The number of anilines is 1. The molecule has 8 nitrogen and oxygen atoms in total. The first-order chi connectivity index (χ1) is 15.4. The van der Waals surface area contributed by atoms with E-state index in [1.807, 2.05) is 47.9 Å². The summed E-state index contributed by atoms with van der Waals surface area (Å²) in [5, 5.41) is 12.0. The number of rotatable bonds is 5. The van der Waals surface area contributed by atoms with Crippen molar-refractivity contribution in [2.75, 3.05) is 11.9 Å². The lowest BCUT2D eigenvalue weighted by Crippen LogP contribution is -2.35. The van der Waals surface area contributed by atoms with Crippen molar-refractivity contribution in [2.45, 2.75) is 84.5 Å². The summed E-state index contributed by atoms with van der Waals surface area (Å²) in [5.41, 5.74) is 1.79. The predicted molar refractivity (Wildman–Crippen MR) is 123 cm³/mol. The van der Waals surface area contributed by atoms with Crippen LogP contribution in [-0.2, 0) is 24.3 Å². The predicted octanol–water partition coefficient (Wildman–Crippen LogP) is 4.13. The smallest absolute Gasteiger partial charge is 0.322 e. The van der Waals surface area contributed by atoms with Gasteiger partial charge < -0.3 is 19.7 Å². The highest BCUT2D eigenvalue weighted by molar-refractivity contribution is 5.89. The summed E-state index contributed by atoms with van der Waals surface area (Å²) in [6.45, 7) is 7.84. The Morgan fingerprint density at radius 2 is 1.88 bits per heavy atom. The first-order valence-corrected chi connectivity index (χ1v) is 11.8. The third kappa shape index (κ3) is 4.79. The Bertz CT molecular complexity index is 952. The van der Waals surface area contributed by atoms with Crippen LogP contribution < -0.4 is 5.32 Å². The van der Waals surface area contributed by atoms with Gasteiger partial charge in [0.15, 0.2) is 5.82 Å². The number of likely N-dealkylation sites (tertiary alicyclic amines) is 1. The topological polar surface area (TPSA) is 83.4 Å². The average Bonchev–Trinajstić information content (AvgIpc) is 3.33. The highest BCUT2D eigenvalue weighted by Gasteiger charge is 2.34. The molecule has 8 heteroatoms. The molecule has 1 aromatic heterocycles. The van der Waals surface area contributed by atoms with Gasteiger partial charge in [0.25, 0.3) is 0 Å². The van der Waals surface area contributed by atoms with E-state index in [1.54, 1.807) is 6.92 Å². The Hall–Kier alpha value is -2.90. The molecule has 2 aliphatic heterocycles. The molecule has 3 amide bonds. The number of nitrogens with zero attached hydrogens (tertiary/aromatic N) is 5. The Morgan fingerprint density at radius 1 is 1.09 bits per heavy atom. The minimum atomic E-state index is -0.0984. The van der Waals surface area contributed by atoms with Gasteiger partial charge in [-0.15, -0.1) is 10.2 Å². The van der Waals surface area contributed by atoms with E-state index in [0.717, 1.165) is 68.1 Å². The first kappa shape index (κ1) is 22.3. The molecule has 1 saturated heterocycles. The number of aromatic nitrogens is 3. The average molecular weight is 439 g/mol. The molecule has 1 fully saturated rings. The van der Waals surface area contributed by atoms with Crippen LogP contribution in [0.1, 0.15) is 76.1 Å². The van der Waals surface area contributed by atoms with Gasteiger partial charge in [-0.05, 0) is 57.2 Å². The quantitative estimate of drug-likeness (QED) is 0.761. The monoisotopic (exact) mass is 438 g/mol. The van der Waals surface area contributed by atoms with Crippen LogP contribution in [0.4, 0.5) is 10.5 Å². The van der Waals surface area contributed by atoms with Crippen LogP contribution in [0.2, 0.25) is 0 Å². The number of nitrogens with one attached hydrogen (secondary N) is 1. The summed E-state index contributed by atoms with van der Waals surface area (Å²) in [6.07, 6.45) is 6.37. The van der Waals surface area contributed by atoms with Crippen LogP contribution in [0, 0.1) is 0 Å². The molecule has 0 bridgehead atoms. The van der Waals surface area contributed by atoms with Crippen LogP contribution in [0.5, 0.6) is 0 Å². The molecule has 0 saturated carbocycles. The van der Waals surface area contributed by atoms with Gasteiger partial charge in [0, 0.05) is 44.7 Å². The van der Waals surface area contributed by atoms with Gasteiger partial charge in [0.1, 0.15) is 5.82 Å². The Labute approximate surface area is 190 Å². The van der Waals surface area contributed by atoms with Crippen molar-refractivity contribution in [1.29, 1.82) is 0 Å². The molecule has 1 aromatic carbocycles. The van der Waals surface area contributed by atoms with Crippen molar-refractivity contribution < 1.29 is 9.59 Å². The molecule has 4 rings (SSSR count). The van der Waals surface area contributed by atoms with Crippen LogP contribution in [0.3, 0.4) is 0 Å². The number of fused-ring (bicyclic) bond motifs is 1. The summed E-state index contributed by atoms with van der Waals surface area (Å²) in [7, 11) is 0. The van der Waals surface area contributed by atoms with Crippen molar-refractivity contribution in [3.05, 3.63) is 41.5 Å². The second-order valence-corrected chi connectivity index (χ2v) is 9.16. The molecule has 2 aliphatic rings. The zero-order valence-corrected chi connectivity index (χ0v) is 19.4. The lowest BCUT2D eigenvalue weighted by molar-refractivity contribution is -0.131. The van der Waals surface area contributed by atoms with Gasteiger partial charge >= 0.3 is 6.03 Å². The molecule has 172 valence electrons. The van der Waals surface area contributed by atoms with Crippen LogP contribution >= 0.6 is 0 Å². The van der Waals surface area contributed by atoms with Gasteiger partial charge in [-0.2, -0.15) is 0 Å². The van der Waals surface area contributed by atoms with Crippen molar-refractivity contribution in [3.63, 3.8) is 0 Å². The number of aryl methyl sites for hydroxylation is 1. The number of hydrogen-bond donors (Lipinski definition) is 1. The van der Waals surface area contributed by atoms with E-state index in [1.165, 1.54) is 6.42 Å². The van der Waals surface area contributed by atoms with Gasteiger partial charge in [-0.1, -0.05) is 18.6 Å². The fourth-order valence-electron chi connectivity index (χ4n) is 4.78. The normalized spacial score (nSPS) is 18.4. The molecule has 1 unspecified atom stereocenters. The lowest BCUT2D eigenvalue weighted by Gasteiger charge is -2.26. The number of benzene rings is 1. The van der Waals surface area contributed by atoms with Crippen LogP contribution in [0.15, 0.2) is 24.3 Å². The van der Waals surface area contributed by atoms with E-state index in [9.17, 15) is 9.59 Å². The molecule has 0 spiro atoms. The molecule has 0 radical (unpaired) electrons. The van der Waals surface area contributed by atoms with Gasteiger partial charge in [-0.3, -0.25) is 4.79 Å². The third-order valence-corrected chi connectivity index (χ3v) is 6.54. The fourth-order valence-corrected chi connectivity index (χ4v) is 4.78. The summed E-state index contributed by atoms with van der Waals surface area (Å²) >= 11 is 0. The number of hydrogen-bond acceptors (Lipinski definition) is 4. The SMILES string of the molecule is CC(=O)N(Cc1ccc(NC(=O)N2CCCC2c2nnc3n2CCCCC3)cc1)C(C)C. The highest BCUT2D eigenvalue weighted by atomic mass is 16.2. The van der Waals surface area contributed by atoms with E-state index in [0.29, 0.717) is 6.54 Å². The van der Waals surface area contributed by atoms with E-state index in [-0.39, 0.29) is 24.0 Å². The number of urea groups is 1. The van der Waals surface area contributed by atoms with Crippen molar-refractivity contribution in [2.24, 2.45) is 0 Å².